The number of aliphatic hydroxyl groups is 3. The van der Waals surface area contributed by atoms with Crippen molar-refractivity contribution in [2.24, 2.45) is 0 Å². The lowest BCUT2D eigenvalue weighted by Crippen LogP contribution is -2.52. The fraction of sp³-hybridized carbons (Fsp3) is 0.458. The summed E-state index contributed by atoms with van der Waals surface area (Å²) < 4.78 is 5.89. The predicted octanol–water partition coefficient (Wildman–Crippen LogP) is 2.84. The van der Waals surface area contributed by atoms with E-state index in [1.54, 1.807) is 6.26 Å². The number of carbonyl (C=O) groups is 1. The number of hydrogen-bond donors (Lipinski definition) is 4. The van der Waals surface area contributed by atoms with E-state index in [1.165, 1.54) is 11.8 Å². The molecule has 7 heteroatoms. The molecule has 0 aliphatic carbocycles. The Kier molecular flexibility index (Phi) is 8.13. The molecule has 1 fully saturated rings. The van der Waals surface area contributed by atoms with Crippen molar-refractivity contribution >= 4 is 17.7 Å². The number of aryl methyl sites for hydroxylation is 2. The van der Waals surface area contributed by atoms with Gasteiger partial charge in [0.2, 0.25) is 0 Å². The molecule has 5 atom stereocenters. The standard InChI is InChI=1S/C24H30O6S/c1-14-6-11-17(23-21(28)20(27)22(29)24(30-23)31-2)13-18(14)12-16-9-7-15(8-10-16)4-3-5-19(25)26/h6-11,13,20-24,27-29H,3-5,12H2,1-2H3,(H,25,26)/t20-,21-,22+,23+,24-/m1/s1. The van der Waals surface area contributed by atoms with Crippen LogP contribution < -0.4 is 0 Å². The summed E-state index contributed by atoms with van der Waals surface area (Å²) in [6.45, 7) is 2.03. The van der Waals surface area contributed by atoms with Crippen molar-refractivity contribution in [2.45, 2.75) is 62.5 Å². The quantitative estimate of drug-likeness (QED) is 0.494. The highest BCUT2D eigenvalue weighted by Gasteiger charge is 2.44. The first kappa shape index (κ1) is 23.8. The highest BCUT2D eigenvalue weighted by Crippen LogP contribution is 2.36. The molecule has 0 radical (unpaired) electrons. The van der Waals surface area contributed by atoms with Gasteiger partial charge in [-0.15, -0.1) is 11.8 Å². The Morgan fingerprint density at radius 2 is 1.68 bits per heavy atom. The zero-order chi connectivity index (χ0) is 22.5. The lowest BCUT2D eigenvalue weighted by Gasteiger charge is -2.40. The van der Waals surface area contributed by atoms with Crippen LogP contribution in [0.3, 0.4) is 0 Å². The van der Waals surface area contributed by atoms with Crippen LogP contribution in [0.5, 0.6) is 0 Å². The summed E-state index contributed by atoms with van der Waals surface area (Å²) in [4.78, 5) is 10.7. The van der Waals surface area contributed by atoms with Gasteiger partial charge in [-0.2, -0.15) is 0 Å². The Bertz CT molecular complexity index is 882. The van der Waals surface area contributed by atoms with Crippen LogP contribution in [0.2, 0.25) is 0 Å². The second-order valence-corrected chi connectivity index (χ2v) is 9.00. The van der Waals surface area contributed by atoms with Crippen LogP contribution in [0, 0.1) is 6.92 Å². The first-order valence-electron chi connectivity index (χ1n) is 10.4. The Hall–Kier alpha value is -1.90. The van der Waals surface area contributed by atoms with Crippen LogP contribution in [0.25, 0.3) is 0 Å². The Morgan fingerprint density at radius 1 is 1.00 bits per heavy atom. The minimum Gasteiger partial charge on any atom is -0.481 e. The number of thioether (sulfide) groups is 1. The minimum atomic E-state index is -1.27. The number of aliphatic carboxylic acids is 1. The van der Waals surface area contributed by atoms with E-state index in [0.29, 0.717) is 12.8 Å². The van der Waals surface area contributed by atoms with E-state index in [1.807, 2.05) is 37.3 Å². The third-order valence-electron chi connectivity index (χ3n) is 5.78. The lowest BCUT2D eigenvalue weighted by molar-refractivity contribution is -0.200. The van der Waals surface area contributed by atoms with Crippen LogP contribution in [-0.2, 0) is 22.4 Å². The van der Waals surface area contributed by atoms with Gasteiger partial charge in [0.25, 0.3) is 0 Å². The minimum absolute atomic E-state index is 0.173. The van der Waals surface area contributed by atoms with Crippen LogP contribution in [0.15, 0.2) is 42.5 Å². The lowest BCUT2D eigenvalue weighted by atomic mass is 9.91. The fourth-order valence-corrected chi connectivity index (χ4v) is 4.54. The molecule has 6 nitrogen and oxygen atoms in total. The number of benzene rings is 2. The van der Waals surface area contributed by atoms with Gasteiger partial charge < -0.3 is 25.2 Å². The van der Waals surface area contributed by atoms with Gasteiger partial charge in [0.05, 0.1) is 0 Å². The van der Waals surface area contributed by atoms with E-state index < -0.39 is 35.8 Å². The SMILES string of the molecule is CS[C@H]1O[C@@H](c2ccc(C)c(Cc3ccc(CCCC(=O)O)cc3)c2)[C@H](O)[C@@H](O)[C@@H]1O. The molecule has 1 heterocycles. The van der Waals surface area contributed by atoms with E-state index in [2.05, 4.69) is 12.1 Å². The number of ether oxygens (including phenoxy) is 1. The molecule has 168 valence electrons. The van der Waals surface area contributed by atoms with Crippen LogP contribution in [-0.4, -0.2) is 56.4 Å². The zero-order valence-electron chi connectivity index (χ0n) is 17.8. The number of hydrogen-bond acceptors (Lipinski definition) is 6. The number of carboxylic acid groups (broad SMARTS) is 1. The van der Waals surface area contributed by atoms with E-state index in [4.69, 9.17) is 9.84 Å². The molecule has 1 saturated heterocycles. The van der Waals surface area contributed by atoms with Crippen molar-refractivity contribution in [1.29, 1.82) is 0 Å². The van der Waals surface area contributed by atoms with Gasteiger partial charge in [0.1, 0.15) is 29.9 Å². The van der Waals surface area contributed by atoms with Gasteiger partial charge >= 0.3 is 5.97 Å². The third-order valence-corrected chi connectivity index (χ3v) is 6.63. The van der Waals surface area contributed by atoms with Gasteiger partial charge in [-0.1, -0.05) is 42.5 Å². The fourth-order valence-electron chi connectivity index (χ4n) is 3.86. The normalized spacial score (nSPS) is 26.0. The first-order valence-corrected chi connectivity index (χ1v) is 11.7. The molecule has 0 amide bonds. The number of rotatable bonds is 8. The van der Waals surface area contributed by atoms with Gasteiger partial charge in [-0.25, -0.2) is 0 Å². The average molecular weight is 447 g/mol. The molecule has 0 aromatic heterocycles. The van der Waals surface area contributed by atoms with Crippen molar-refractivity contribution in [3.05, 3.63) is 70.3 Å². The van der Waals surface area contributed by atoms with Crippen molar-refractivity contribution in [3.63, 3.8) is 0 Å². The van der Waals surface area contributed by atoms with Gasteiger partial charge in [-0.05, 0) is 60.3 Å². The zero-order valence-corrected chi connectivity index (χ0v) is 18.6. The molecule has 4 N–H and O–H groups in total. The molecule has 2 aromatic carbocycles. The van der Waals surface area contributed by atoms with Crippen LogP contribution in [0.4, 0.5) is 0 Å². The molecule has 3 rings (SSSR count). The smallest absolute Gasteiger partial charge is 0.303 e. The topological polar surface area (TPSA) is 107 Å². The molecule has 1 aliphatic heterocycles. The molecule has 31 heavy (non-hydrogen) atoms. The Balaban J connectivity index is 1.73. The van der Waals surface area contributed by atoms with Gasteiger partial charge in [0.15, 0.2) is 0 Å². The van der Waals surface area contributed by atoms with Gasteiger partial charge in [0, 0.05) is 6.42 Å². The molecule has 0 bridgehead atoms. The largest absolute Gasteiger partial charge is 0.481 e. The third kappa shape index (κ3) is 5.87. The molecular weight excluding hydrogens is 416 g/mol. The Labute approximate surface area is 186 Å². The van der Waals surface area contributed by atoms with Gasteiger partial charge in [-0.3, -0.25) is 4.79 Å². The maximum atomic E-state index is 10.7. The summed E-state index contributed by atoms with van der Waals surface area (Å²) in [5, 5.41) is 39.6. The van der Waals surface area contributed by atoms with E-state index in [0.717, 1.165) is 34.2 Å². The molecule has 2 aromatic rings. The van der Waals surface area contributed by atoms with Crippen molar-refractivity contribution in [1.82, 2.24) is 0 Å². The van der Waals surface area contributed by atoms with Crippen molar-refractivity contribution < 1.29 is 30.0 Å². The molecule has 0 saturated carbocycles. The first-order chi connectivity index (χ1) is 14.8. The summed E-state index contributed by atoms with van der Waals surface area (Å²) in [5.74, 6) is -0.773. The summed E-state index contributed by atoms with van der Waals surface area (Å²) in [6.07, 6.45) is -0.303. The van der Waals surface area contributed by atoms with Crippen LogP contribution in [0.1, 0.15) is 46.8 Å². The molecule has 0 spiro atoms. The van der Waals surface area contributed by atoms with Crippen LogP contribution >= 0.6 is 11.8 Å². The second-order valence-electron chi connectivity index (χ2n) is 8.06. The highest BCUT2D eigenvalue weighted by atomic mass is 32.2. The molecule has 0 unspecified atom stereocenters. The molecule has 1 aliphatic rings. The second kappa shape index (κ2) is 10.6. The van der Waals surface area contributed by atoms with Crippen molar-refractivity contribution in [3.8, 4) is 0 Å². The van der Waals surface area contributed by atoms with E-state index >= 15 is 0 Å². The maximum Gasteiger partial charge on any atom is 0.303 e. The van der Waals surface area contributed by atoms with E-state index in [-0.39, 0.29) is 6.42 Å². The number of carboxylic acids is 1. The number of aliphatic hydroxyl groups excluding tert-OH is 3. The summed E-state index contributed by atoms with van der Waals surface area (Å²) in [7, 11) is 0. The maximum absolute atomic E-state index is 10.7. The highest BCUT2D eigenvalue weighted by molar-refractivity contribution is 7.99. The predicted molar refractivity (Wildman–Crippen MR) is 120 cm³/mol. The molecular formula is C24H30O6S. The average Bonchev–Trinajstić information content (AvgIpc) is 2.75. The summed E-state index contributed by atoms with van der Waals surface area (Å²) >= 11 is 1.30. The summed E-state index contributed by atoms with van der Waals surface area (Å²) in [6, 6.07) is 14.0. The van der Waals surface area contributed by atoms with E-state index in [9.17, 15) is 20.1 Å². The monoisotopic (exact) mass is 446 g/mol. The summed E-state index contributed by atoms with van der Waals surface area (Å²) in [5.41, 5.74) is 4.61. The van der Waals surface area contributed by atoms with Crippen molar-refractivity contribution in [2.75, 3.05) is 6.26 Å². The Morgan fingerprint density at radius 3 is 2.32 bits per heavy atom.